The van der Waals surface area contributed by atoms with Crippen LogP contribution in [0.1, 0.15) is 38.7 Å². The number of carboxylic acids is 1. The van der Waals surface area contributed by atoms with E-state index in [9.17, 15) is 29.4 Å². The monoisotopic (exact) mass is 507 g/mol. The Morgan fingerprint density at radius 1 is 1.00 bits per heavy atom. The number of nitrogens with two attached hydrogens (primary N) is 3. The van der Waals surface area contributed by atoms with Crippen molar-refractivity contribution in [3.8, 4) is 5.75 Å². The minimum atomic E-state index is -1.19. The second-order valence-corrected chi connectivity index (χ2v) is 8.41. The van der Waals surface area contributed by atoms with Crippen LogP contribution in [0.4, 0.5) is 0 Å². The van der Waals surface area contributed by atoms with Gasteiger partial charge in [0, 0.05) is 13.0 Å². The minimum Gasteiger partial charge on any atom is -0.508 e. The number of carboxylic acid groups (broad SMARTS) is 1. The number of nitrogens with zero attached hydrogens (tertiary/aromatic N) is 1. The Hall–Kier alpha value is -3.87. The molecule has 4 atom stereocenters. The number of hydrogen-bond acceptors (Lipinski definition) is 7. The third-order valence-electron chi connectivity index (χ3n) is 5.57. The summed E-state index contributed by atoms with van der Waals surface area (Å²) in [6.45, 7) is 3.34. The van der Waals surface area contributed by atoms with Crippen LogP contribution in [0.3, 0.4) is 0 Å². The molecule has 36 heavy (non-hydrogen) atoms. The van der Waals surface area contributed by atoms with Crippen molar-refractivity contribution < 1.29 is 29.4 Å². The zero-order chi connectivity index (χ0) is 27.3. The molecule has 0 heterocycles. The summed E-state index contributed by atoms with van der Waals surface area (Å²) in [5.41, 5.74) is 16.7. The fraction of sp³-hybridized carbons (Fsp3) is 0.522. The SMILES string of the molecule is CCC(C)C(NC(=O)C(CCCN=C(N)N)NC(=O)C(Cc1ccc(O)cc1)NC(=O)CN)C(=O)O. The number of phenols is 1. The van der Waals surface area contributed by atoms with E-state index in [2.05, 4.69) is 20.9 Å². The van der Waals surface area contributed by atoms with Gasteiger partial charge >= 0.3 is 5.97 Å². The molecule has 13 heteroatoms. The summed E-state index contributed by atoms with van der Waals surface area (Å²) in [4.78, 5) is 53.7. The number of carbonyl (C=O) groups is 4. The van der Waals surface area contributed by atoms with Crippen LogP contribution in [0, 0.1) is 5.92 Å². The number of aromatic hydroxyl groups is 1. The summed E-state index contributed by atoms with van der Waals surface area (Å²) in [6.07, 6.45) is 0.997. The number of rotatable bonds is 15. The molecule has 1 rings (SSSR count). The smallest absolute Gasteiger partial charge is 0.326 e. The highest BCUT2D eigenvalue weighted by atomic mass is 16.4. The first-order valence-corrected chi connectivity index (χ1v) is 11.6. The van der Waals surface area contributed by atoms with Crippen molar-refractivity contribution in [2.24, 2.45) is 28.1 Å². The lowest BCUT2D eigenvalue weighted by Crippen LogP contribution is -2.57. The number of nitrogens with one attached hydrogen (secondary N) is 3. The van der Waals surface area contributed by atoms with Crippen LogP contribution in [-0.4, -0.2) is 71.1 Å². The molecular weight excluding hydrogens is 470 g/mol. The van der Waals surface area contributed by atoms with Gasteiger partial charge in [0.2, 0.25) is 17.7 Å². The first kappa shape index (κ1) is 30.2. The molecule has 200 valence electrons. The molecule has 0 aliphatic rings. The molecule has 0 saturated heterocycles. The zero-order valence-electron chi connectivity index (χ0n) is 20.6. The van der Waals surface area contributed by atoms with Gasteiger partial charge < -0.3 is 43.4 Å². The molecule has 0 bridgehead atoms. The Labute approximate surface area is 209 Å². The molecular formula is C23H37N7O6. The predicted molar refractivity (Wildman–Crippen MR) is 134 cm³/mol. The Morgan fingerprint density at radius 2 is 1.61 bits per heavy atom. The summed E-state index contributed by atoms with van der Waals surface area (Å²) < 4.78 is 0. The zero-order valence-corrected chi connectivity index (χ0v) is 20.6. The fourth-order valence-electron chi connectivity index (χ4n) is 3.31. The second kappa shape index (κ2) is 15.2. The van der Waals surface area contributed by atoms with E-state index in [1.807, 2.05) is 0 Å². The number of aliphatic carboxylic acids is 1. The Morgan fingerprint density at radius 3 is 2.14 bits per heavy atom. The molecule has 0 fully saturated rings. The number of guanidine groups is 1. The van der Waals surface area contributed by atoms with Crippen LogP contribution in [-0.2, 0) is 25.6 Å². The van der Waals surface area contributed by atoms with E-state index in [4.69, 9.17) is 17.2 Å². The van der Waals surface area contributed by atoms with Crippen molar-refractivity contribution >= 4 is 29.7 Å². The molecule has 13 nitrogen and oxygen atoms in total. The molecule has 0 aliphatic carbocycles. The molecule has 3 amide bonds. The van der Waals surface area contributed by atoms with Gasteiger partial charge in [0.25, 0.3) is 0 Å². The number of aliphatic imine (C=N–C) groups is 1. The second-order valence-electron chi connectivity index (χ2n) is 8.41. The maximum atomic E-state index is 13.2. The standard InChI is InChI=1S/C23H37N7O6/c1-3-13(2)19(22(35)36)30-20(33)16(5-4-10-27-23(25)26)29-21(34)17(28-18(32)12-24)11-14-6-8-15(31)9-7-14/h6-9,13,16-17,19,31H,3-5,10-12,24H2,1-2H3,(H,28,32)(H,29,34)(H,30,33)(H,35,36)(H4,25,26,27). The number of phenolic OH excluding ortho intramolecular Hbond substituents is 1. The summed E-state index contributed by atoms with van der Waals surface area (Å²) in [5, 5.41) is 26.7. The van der Waals surface area contributed by atoms with Crippen molar-refractivity contribution in [1.82, 2.24) is 16.0 Å². The third kappa shape index (κ3) is 10.6. The van der Waals surface area contributed by atoms with Crippen molar-refractivity contribution in [3.63, 3.8) is 0 Å². The van der Waals surface area contributed by atoms with E-state index in [0.717, 1.165) is 0 Å². The van der Waals surface area contributed by atoms with Gasteiger partial charge in [-0.3, -0.25) is 19.4 Å². The van der Waals surface area contributed by atoms with Gasteiger partial charge in [-0.05, 0) is 36.5 Å². The molecule has 11 N–H and O–H groups in total. The van der Waals surface area contributed by atoms with Gasteiger partial charge in [0.15, 0.2) is 5.96 Å². The van der Waals surface area contributed by atoms with Crippen LogP contribution in [0.15, 0.2) is 29.3 Å². The fourth-order valence-corrected chi connectivity index (χ4v) is 3.31. The van der Waals surface area contributed by atoms with Crippen LogP contribution < -0.4 is 33.2 Å². The highest BCUT2D eigenvalue weighted by Crippen LogP contribution is 2.13. The molecule has 1 aromatic rings. The predicted octanol–water partition coefficient (Wildman–Crippen LogP) is -1.47. The van der Waals surface area contributed by atoms with E-state index in [0.29, 0.717) is 18.4 Å². The van der Waals surface area contributed by atoms with Gasteiger partial charge in [-0.15, -0.1) is 0 Å². The number of hydrogen-bond donors (Lipinski definition) is 8. The molecule has 0 aliphatic heterocycles. The summed E-state index contributed by atoms with van der Waals surface area (Å²) in [6, 6.07) is 2.72. The van der Waals surface area contributed by atoms with Crippen LogP contribution in [0.2, 0.25) is 0 Å². The summed E-state index contributed by atoms with van der Waals surface area (Å²) in [7, 11) is 0. The molecule has 1 aromatic carbocycles. The van der Waals surface area contributed by atoms with Gasteiger partial charge in [-0.25, -0.2) is 4.79 Å². The highest BCUT2D eigenvalue weighted by molar-refractivity contribution is 5.93. The normalized spacial score (nSPS) is 14.0. The van der Waals surface area contributed by atoms with Crippen LogP contribution in [0.5, 0.6) is 5.75 Å². The highest BCUT2D eigenvalue weighted by Gasteiger charge is 2.31. The number of benzene rings is 1. The first-order chi connectivity index (χ1) is 17.0. The Balaban J connectivity index is 3.10. The van der Waals surface area contributed by atoms with Crippen molar-refractivity contribution in [2.45, 2.75) is 57.7 Å². The number of amides is 3. The van der Waals surface area contributed by atoms with Gasteiger partial charge in [0.1, 0.15) is 23.9 Å². The Bertz CT molecular complexity index is 918. The summed E-state index contributed by atoms with van der Waals surface area (Å²) >= 11 is 0. The topological polar surface area (TPSA) is 235 Å². The molecule has 0 radical (unpaired) electrons. The average molecular weight is 508 g/mol. The maximum Gasteiger partial charge on any atom is 0.326 e. The lowest BCUT2D eigenvalue weighted by molar-refractivity contribution is -0.143. The van der Waals surface area contributed by atoms with Crippen molar-refractivity contribution in [2.75, 3.05) is 13.1 Å². The molecule has 4 unspecified atom stereocenters. The summed E-state index contributed by atoms with van der Waals surface area (Å²) in [5.74, 6) is -3.56. The maximum absolute atomic E-state index is 13.2. The van der Waals surface area contributed by atoms with Crippen molar-refractivity contribution in [3.05, 3.63) is 29.8 Å². The van der Waals surface area contributed by atoms with Crippen LogP contribution in [0.25, 0.3) is 0 Å². The van der Waals surface area contributed by atoms with E-state index >= 15 is 0 Å². The average Bonchev–Trinajstić information content (AvgIpc) is 2.83. The van der Waals surface area contributed by atoms with Gasteiger partial charge in [-0.2, -0.15) is 0 Å². The number of carbonyl (C=O) groups excluding carboxylic acids is 3. The molecule has 0 aromatic heterocycles. The largest absolute Gasteiger partial charge is 0.508 e. The van der Waals surface area contributed by atoms with E-state index < -0.39 is 41.8 Å². The van der Waals surface area contributed by atoms with Gasteiger partial charge in [0.05, 0.1) is 6.54 Å². The minimum absolute atomic E-state index is 0.0394. The van der Waals surface area contributed by atoms with E-state index in [-0.39, 0.29) is 43.6 Å². The molecule has 0 spiro atoms. The lowest BCUT2D eigenvalue weighted by atomic mass is 9.98. The van der Waals surface area contributed by atoms with E-state index in [1.165, 1.54) is 12.1 Å². The van der Waals surface area contributed by atoms with Gasteiger partial charge in [-0.1, -0.05) is 32.4 Å². The first-order valence-electron chi connectivity index (χ1n) is 11.6. The van der Waals surface area contributed by atoms with Crippen molar-refractivity contribution in [1.29, 1.82) is 0 Å². The van der Waals surface area contributed by atoms with E-state index in [1.54, 1.807) is 26.0 Å². The lowest BCUT2D eigenvalue weighted by Gasteiger charge is -2.26. The third-order valence-corrected chi connectivity index (χ3v) is 5.57. The quantitative estimate of drug-likeness (QED) is 0.0784. The molecule has 0 saturated carbocycles. The Kier molecular flexibility index (Phi) is 12.7. The van der Waals surface area contributed by atoms with Crippen LogP contribution >= 0.6 is 0 Å².